The first-order chi connectivity index (χ1) is 21.2. The SMILES string of the molecule is C#C/C(=C(/C)F)c1c(C)cc(N)cc1-c1ncc2c(N3CCOCC(C)C3)nc(OC)nc2c1F.CC.CC/C=C\F.CF. The number of benzene rings is 1. The molecule has 2 N–H and O–H groups in total. The van der Waals surface area contributed by atoms with Crippen LogP contribution in [0.15, 0.2) is 36.6 Å². The maximum absolute atomic E-state index is 16.1. The van der Waals surface area contributed by atoms with Gasteiger partial charge in [0.2, 0.25) is 0 Å². The number of anilines is 2. The number of alkyl halides is 1. The van der Waals surface area contributed by atoms with Gasteiger partial charge in [-0.2, -0.15) is 9.97 Å². The first kappa shape index (κ1) is 37.9. The van der Waals surface area contributed by atoms with Crippen LogP contribution in [0.5, 0.6) is 6.01 Å². The summed E-state index contributed by atoms with van der Waals surface area (Å²) in [6, 6.07) is 3.21. The molecule has 11 heteroatoms. The van der Waals surface area contributed by atoms with Gasteiger partial charge in [0.25, 0.3) is 0 Å². The molecule has 7 nitrogen and oxygen atoms in total. The molecule has 1 atom stereocenters. The summed E-state index contributed by atoms with van der Waals surface area (Å²) in [6.07, 6.45) is 9.93. The van der Waals surface area contributed by atoms with Crippen molar-refractivity contribution < 1.29 is 27.0 Å². The molecule has 4 rings (SSSR count). The van der Waals surface area contributed by atoms with Gasteiger partial charge in [0.1, 0.15) is 22.9 Å². The molecule has 44 heavy (non-hydrogen) atoms. The van der Waals surface area contributed by atoms with E-state index in [0.29, 0.717) is 67.8 Å². The van der Waals surface area contributed by atoms with E-state index in [2.05, 4.69) is 27.8 Å². The number of ether oxygens (including phenoxy) is 2. The van der Waals surface area contributed by atoms with E-state index in [0.717, 1.165) is 6.42 Å². The summed E-state index contributed by atoms with van der Waals surface area (Å²) in [5.41, 5.74) is 7.67. The third-order valence-electron chi connectivity index (χ3n) is 6.24. The number of hydrogen-bond acceptors (Lipinski definition) is 7. The number of rotatable bonds is 5. The number of nitrogens with two attached hydrogens (primary N) is 1. The van der Waals surface area contributed by atoms with Crippen molar-refractivity contribution in [1.82, 2.24) is 15.0 Å². The fraction of sp³-hybridized carbons (Fsp3) is 0.424. The zero-order chi connectivity index (χ0) is 33.4. The quantitative estimate of drug-likeness (QED) is 0.176. The van der Waals surface area contributed by atoms with Gasteiger partial charge < -0.3 is 20.1 Å². The monoisotopic (exact) mass is 617 g/mol. The molecule has 3 heterocycles. The Morgan fingerprint density at radius 3 is 2.50 bits per heavy atom. The number of nitrogen functional groups attached to an aromatic ring is 1. The predicted molar refractivity (Wildman–Crippen MR) is 172 cm³/mol. The van der Waals surface area contributed by atoms with Crippen molar-refractivity contribution in [3.05, 3.63) is 53.5 Å². The largest absolute Gasteiger partial charge is 0.467 e. The average molecular weight is 618 g/mol. The Labute approximate surface area is 258 Å². The molecule has 1 fully saturated rings. The highest BCUT2D eigenvalue weighted by Crippen LogP contribution is 2.38. The first-order valence-electron chi connectivity index (χ1n) is 14.3. The molecule has 1 aromatic carbocycles. The minimum absolute atomic E-state index is 0.0123. The lowest BCUT2D eigenvalue weighted by atomic mass is 9.91. The van der Waals surface area contributed by atoms with Gasteiger partial charge in [0, 0.05) is 36.1 Å². The van der Waals surface area contributed by atoms with E-state index in [1.807, 2.05) is 25.7 Å². The number of methoxy groups -OCH3 is 1. The summed E-state index contributed by atoms with van der Waals surface area (Å²) in [7, 11) is 1.92. The smallest absolute Gasteiger partial charge is 0.318 e. The van der Waals surface area contributed by atoms with E-state index in [9.17, 15) is 13.2 Å². The summed E-state index contributed by atoms with van der Waals surface area (Å²) in [6.45, 7) is 13.3. The molecule has 0 spiro atoms. The minimum Gasteiger partial charge on any atom is -0.467 e. The van der Waals surface area contributed by atoms with Gasteiger partial charge in [-0.25, -0.2) is 13.2 Å². The van der Waals surface area contributed by atoms with Crippen LogP contribution >= 0.6 is 0 Å². The third kappa shape index (κ3) is 9.41. The Kier molecular flexibility index (Phi) is 16.5. The van der Waals surface area contributed by atoms with E-state index in [4.69, 9.17) is 21.6 Å². The van der Waals surface area contributed by atoms with Crippen LogP contribution in [-0.2, 0) is 4.74 Å². The van der Waals surface area contributed by atoms with Gasteiger partial charge in [-0.15, -0.1) is 6.42 Å². The average Bonchev–Trinajstić information content (AvgIpc) is 3.25. The standard InChI is InChI=1S/C26H27F2N5O2.C4H7F.C2H6.CH3F/c1-6-18(16(4)27)21-15(3)9-17(29)10-19(21)23-22(28)24-20(11-30-23)25(32-26(31-24)34-5)33-7-8-35-13-14(2)12-33;1-2-3-4-5;2*1-2/h1,9-11,14H,7-8,12-13,29H2,2-5H3;3-4H,2H2,1H3;1-2H3;1H3/b18-16+;4-3-;;. The lowest BCUT2D eigenvalue weighted by Crippen LogP contribution is -2.30. The molecule has 0 bridgehead atoms. The van der Waals surface area contributed by atoms with Crippen molar-refractivity contribution in [2.75, 3.05) is 51.2 Å². The Hall–Kier alpha value is -4.17. The van der Waals surface area contributed by atoms with Gasteiger partial charge in [-0.1, -0.05) is 39.7 Å². The van der Waals surface area contributed by atoms with Crippen LogP contribution in [0.4, 0.5) is 29.1 Å². The zero-order valence-electron chi connectivity index (χ0n) is 26.8. The number of aromatic nitrogens is 3. The van der Waals surface area contributed by atoms with Gasteiger partial charge in [-0.3, -0.25) is 9.37 Å². The van der Waals surface area contributed by atoms with Crippen LogP contribution in [0.25, 0.3) is 27.7 Å². The maximum atomic E-state index is 16.1. The lowest BCUT2D eigenvalue weighted by molar-refractivity contribution is 0.129. The van der Waals surface area contributed by atoms with Gasteiger partial charge in [0.05, 0.1) is 44.8 Å². The van der Waals surface area contributed by atoms with Crippen molar-refractivity contribution in [2.24, 2.45) is 5.92 Å². The number of pyridine rings is 1. The number of nitrogens with zero attached hydrogens (tertiary/aromatic N) is 4. The topological polar surface area (TPSA) is 86.4 Å². The molecule has 1 aliphatic rings. The number of allylic oxidation sites excluding steroid dienone is 3. The molecule has 1 saturated heterocycles. The molecule has 0 aliphatic carbocycles. The molecule has 1 unspecified atom stereocenters. The number of hydrogen-bond donors (Lipinski definition) is 1. The molecule has 1 aliphatic heterocycles. The Balaban J connectivity index is 0.000000962. The van der Waals surface area contributed by atoms with Gasteiger partial charge >= 0.3 is 6.01 Å². The summed E-state index contributed by atoms with van der Waals surface area (Å²) in [5.74, 6) is 1.87. The van der Waals surface area contributed by atoms with E-state index in [1.54, 1.807) is 13.0 Å². The fourth-order valence-corrected chi connectivity index (χ4v) is 4.48. The number of halogens is 4. The van der Waals surface area contributed by atoms with E-state index < -0.39 is 11.6 Å². The van der Waals surface area contributed by atoms with E-state index in [1.165, 1.54) is 32.4 Å². The molecule has 3 aromatic rings. The van der Waals surface area contributed by atoms with Crippen molar-refractivity contribution in [1.29, 1.82) is 0 Å². The second kappa shape index (κ2) is 19.2. The van der Waals surface area contributed by atoms with Crippen molar-refractivity contribution in [2.45, 2.75) is 48.0 Å². The van der Waals surface area contributed by atoms with E-state index in [-0.39, 0.29) is 34.3 Å². The van der Waals surface area contributed by atoms with Crippen molar-refractivity contribution in [3.8, 4) is 29.6 Å². The van der Waals surface area contributed by atoms with Crippen LogP contribution < -0.4 is 15.4 Å². The zero-order valence-corrected chi connectivity index (χ0v) is 26.8. The number of fused-ring (bicyclic) bond motifs is 1. The highest BCUT2D eigenvalue weighted by Gasteiger charge is 2.25. The summed E-state index contributed by atoms with van der Waals surface area (Å²) in [4.78, 5) is 15.2. The summed E-state index contributed by atoms with van der Waals surface area (Å²) >= 11 is 0. The van der Waals surface area contributed by atoms with Crippen LogP contribution in [0, 0.1) is 31.0 Å². The fourth-order valence-electron chi connectivity index (χ4n) is 4.48. The molecular formula is C33H43F4N5O2. The van der Waals surface area contributed by atoms with Crippen LogP contribution in [0.1, 0.15) is 52.2 Å². The molecule has 0 amide bonds. The Morgan fingerprint density at radius 2 is 1.95 bits per heavy atom. The second-order valence-corrected chi connectivity index (χ2v) is 9.43. The van der Waals surface area contributed by atoms with Gasteiger partial charge in [-0.05, 0) is 43.9 Å². The molecule has 2 aromatic heterocycles. The van der Waals surface area contributed by atoms with Crippen molar-refractivity contribution >= 4 is 28.0 Å². The molecule has 0 saturated carbocycles. The second-order valence-electron chi connectivity index (χ2n) is 9.43. The normalized spacial score (nSPS) is 15.0. The third-order valence-corrected chi connectivity index (χ3v) is 6.24. The van der Waals surface area contributed by atoms with Crippen LogP contribution in [0.2, 0.25) is 0 Å². The Morgan fingerprint density at radius 1 is 1.27 bits per heavy atom. The summed E-state index contributed by atoms with van der Waals surface area (Å²) in [5, 5.41) is 0.428. The lowest BCUT2D eigenvalue weighted by Gasteiger charge is -2.24. The molecular weight excluding hydrogens is 574 g/mol. The molecule has 0 radical (unpaired) electrons. The Bertz CT molecular complexity index is 1470. The first-order valence-corrected chi connectivity index (χ1v) is 14.3. The highest BCUT2D eigenvalue weighted by molar-refractivity contribution is 5.95. The van der Waals surface area contributed by atoms with Crippen LogP contribution in [-0.4, -0.2) is 55.5 Å². The number of aryl methyl sites for hydroxylation is 1. The summed E-state index contributed by atoms with van der Waals surface area (Å²) < 4.78 is 61.7. The van der Waals surface area contributed by atoms with Crippen molar-refractivity contribution in [3.63, 3.8) is 0 Å². The minimum atomic E-state index is -0.706. The number of terminal acetylenes is 1. The predicted octanol–water partition coefficient (Wildman–Crippen LogP) is 8.03. The van der Waals surface area contributed by atoms with E-state index >= 15 is 4.39 Å². The van der Waals surface area contributed by atoms with Crippen LogP contribution in [0.3, 0.4) is 0 Å². The van der Waals surface area contributed by atoms with Gasteiger partial charge in [0.15, 0.2) is 5.82 Å². The highest BCUT2D eigenvalue weighted by atomic mass is 19.1. The maximum Gasteiger partial charge on any atom is 0.318 e. The molecule has 240 valence electrons.